The maximum Gasteiger partial charge on any atom is 0.159 e. The van der Waals surface area contributed by atoms with Crippen LogP contribution in [0.2, 0.25) is 0 Å². The average molecular weight is 251 g/mol. The first-order valence-electron chi connectivity index (χ1n) is 4.73. The highest BCUT2D eigenvalue weighted by atomic mass is 79.9. The molecule has 72 valence electrons. The van der Waals surface area contributed by atoms with Crippen molar-refractivity contribution in [3.05, 3.63) is 46.0 Å². The summed E-state index contributed by atoms with van der Waals surface area (Å²) < 4.78 is 1.08. The fraction of sp³-hybridized carbons (Fsp3) is 0.250. The van der Waals surface area contributed by atoms with E-state index in [2.05, 4.69) is 28.1 Å². The van der Waals surface area contributed by atoms with Gasteiger partial charge in [-0.1, -0.05) is 40.2 Å². The molecule has 14 heavy (non-hydrogen) atoms. The van der Waals surface area contributed by atoms with Gasteiger partial charge in [-0.15, -0.1) is 0 Å². The molecule has 1 aromatic carbocycles. The van der Waals surface area contributed by atoms with Gasteiger partial charge >= 0.3 is 0 Å². The molecule has 0 spiro atoms. The van der Waals surface area contributed by atoms with Crippen molar-refractivity contribution in [3.63, 3.8) is 0 Å². The van der Waals surface area contributed by atoms with Gasteiger partial charge in [-0.25, -0.2) is 0 Å². The van der Waals surface area contributed by atoms with E-state index in [4.69, 9.17) is 0 Å². The summed E-state index contributed by atoms with van der Waals surface area (Å²) in [6.07, 6.45) is 4.43. The predicted molar refractivity (Wildman–Crippen MR) is 60.2 cm³/mol. The molecule has 0 atom stereocenters. The molecule has 1 aromatic rings. The second-order valence-corrected chi connectivity index (χ2v) is 4.31. The fourth-order valence-electron chi connectivity index (χ4n) is 1.67. The minimum Gasteiger partial charge on any atom is -0.295 e. The summed E-state index contributed by atoms with van der Waals surface area (Å²) in [5.74, 6) is 0.306. The Morgan fingerprint density at radius 1 is 1.29 bits per heavy atom. The molecule has 1 nitrogen and oxygen atoms in total. The van der Waals surface area contributed by atoms with Crippen molar-refractivity contribution in [2.24, 2.45) is 0 Å². The summed E-state index contributed by atoms with van der Waals surface area (Å²) in [6, 6.07) is 8.05. The SMILES string of the molecule is O=C1CCC=C1Cc1ccccc1Br. The van der Waals surface area contributed by atoms with Gasteiger partial charge in [0.2, 0.25) is 0 Å². The average Bonchev–Trinajstić information content (AvgIpc) is 2.56. The summed E-state index contributed by atoms with van der Waals surface area (Å²) in [5.41, 5.74) is 2.16. The zero-order valence-corrected chi connectivity index (χ0v) is 9.38. The second-order valence-electron chi connectivity index (χ2n) is 3.46. The molecule has 0 unspecified atom stereocenters. The smallest absolute Gasteiger partial charge is 0.159 e. The largest absolute Gasteiger partial charge is 0.295 e. The summed E-state index contributed by atoms with van der Waals surface area (Å²) in [6.45, 7) is 0. The summed E-state index contributed by atoms with van der Waals surface area (Å²) in [7, 11) is 0. The van der Waals surface area contributed by atoms with Crippen LogP contribution in [0.4, 0.5) is 0 Å². The van der Waals surface area contributed by atoms with Crippen LogP contribution in [0.1, 0.15) is 18.4 Å². The summed E-state index contributed by atoms with van der Waals surface area (Å²) in [4.78, 5) is 11.4. The molecule has 0 aromatic heterocycles. The molecule has 2 heteroatoms. The molecule has 2 rings (SSSR count). The van der Waals surface area contributed by atoms with E-state index in [-0.39, 0.29) is 0 Å². The van der Waals surface area contributed by atoms with Gasteiger partial charge in [0.1, 0.15) is 0 Å². The van der Waals surface area contributed by atoms with Gasteiger partial charge in [-0.2, -0.15) is 0 Å². The molecule has 0 N–H and O–H groups in total. The van der Waals surface area contributed by atoms with Crippen LogP contribution in [0.3, 0.4) is 0 Å². The topological polar surface area (TPSA) is 17.1 Å². The van der Waals surface area contributed by atoms with Crippen molar-refractivity contribution < 1.29 is 4.79 Å². The summed E-state index contributed by atoms with van der Waals surface area (Å²) in [5, 5.41) is 0. The number of hydrogen-bond acceptors (Lipinski definition) is 1. The van der Waals surface area contributed by atoms with E-state index in [0.29, 0.717) is 12.2 Å². The van der Waals surface area contributed by atoms with E-state index in [0.717, 1.165) is 22.9 Å². The van der Waals surface area contributed by atoms with Gasteiger partial charge < -0.3 is 0 Å². The highest BCUT2D eigenvalue weighted by Gasteiger charge is 2.15. The van der Waals surface area contributed by atoms with Crippen molar-refractivity contribution in [1.82, 2.24) is 0 Å². The monoisotopic (exact) mass is 250 g/mol. The zero-order chi connectivity index (χ0) is 9.97. The van der Waals surface area contributed by atoms with Crippen molar-refractivity contribution in [3.8, 4) is 0 Å². The molecule has 0 saturated heterocycles. The molecular formula is C12H11BrO. The Labute approximate surface area is 92.0 Å². The third-order valence-corrected chi connectivity index (χ3v) is 3.23. The van der Waals surface area contributed by atoms with E-state index in [9.17, 15) is 4.79 Å². The van der Waals surface area contributed by atoms with Crippen LogP contribution < -0.4 is 0 Å². The standard InChI is InChI=1S/C12H11BrO/c13-11-6-2-1-4-9(11)8-10-5-3-7-12(10)14/h1-2,4-6H,3,7-8H2. The number of benzene rings is 1. The number of halogens is 1. The van der Waals surface area contributed by atoms with Crippen LogP contribution in [-0.2, 0) is 11.2 Å². The number of allylic oxidation sites excluding steroid dienone is 2. The molecule has 0 aliphatic heterocycles. The van der Waals surface area contributed by atoms with E-state index < -0.39 is 0 Å². The molecule has 0 heterocycles. The van der Waals surface area contributed by atoms with Gasteiger partial charge in [0.15, 0.2) is 5.78 Å². The normalized spacial score (nSPS) is 15.8. The lowest BCUT2D eigenvalue weighted by Gasteiger charge is -2.03. The second kappa shape index (κ2) is 4.09. The Morgan fingerprint density at radius 2 is 2.07 bits per heavy atom. The molecule has 0 radical (unpaired) electrons. The van der Waals surface area contributed by atoms with Crippen LogP contribution in [0, 0.1) is 0 Å². The molecule has 1 aliphatic rings. The Kier molecular flexibility index (Phi) is 2.82. The van der Waals surface area contributed by atoms with Crippen molar-refractivity contribution in [1.29, 1.82) is 0 Å². The van der Waals surface area contributed by atoms with Crippen LogP contribution in [0.15, 0.2) is 40.4 Å². The van der Waals surface area contributed by atoms with E-state index >= 15 is 0 Å². The Morgan fingerprint density at radius 3 is 2.71 bits per heavy atom. The van der Waals surface area contributed by atoms with Gasteiger partial charge in [0.05, 0.1) is 0 Å². The zero-order valence-electron chi connectivity index (χ0n) is 7.79. The van der Waals surface area contributed by atoms with Gasteiger partial charge in [0, 0.05) is 17.3 Å². The highest BCUT2D eigenvalue weighted by molar-refractivity contribution is 9.10. The van der Waals surface area contributed by atoms with Gasteiger partial charge in [-0.05, 0) is 23.6 Å². The number of carbonyl (C=O) groups excluding carboxylic acids is 1. The van der Waals surface area contributed by atoms with E-state index in [1.165, 1.54) is 5.56 Å². The van der Waals surface area contributed by atoms with E-state index in [1.54, 1.807) is 0 Å². The van der Waals surface area contributed by atoms with E-state index in [1.807, 2.05) is 18.2 Å². The first-order valence-corrected chi connectivity index (χ1v) is 5.52. The number of Topliss-reactive ketones (excluding diaryl/α,β-unsaturated/α-hetero) is 1. The number of rotatable bonds is 2. The number of ketones is 1. The maximum absolute atomic E-state index is 11.4. The van der Waals surface area contributed by atoms with Crippen molar-refractivity contribution in [2.45, 2.75) is 19.3 Å². The van der Waals surface area contributed by atoms with Crippen molar-refractivity contribution in [2.75, 3.05) is 0 Å². The summed E-state index contributed by atoms with van der Waals surface area (Å²) >= 11 is 3.48. The quantitative estimate of drug-likeness (QED) is 0.788. The van der Waals surface area contributed by atoms with Gasteiger partial charge in [-0.3, -0.25) is 4.79 Å². The van der Waals surface area contributed by atoms with Crippen LogP contribution in [0.5, 0.6) is 0 Å². The minimum atomic E-state index is 0.306. The molecule has 0 fully saturated rings. The lowest BCUT2D eigenvalue weighted by Crippen LogP contribution is -1.99. The highest BCUT2D eigenvalue weighted by Crippen LogP contribution is 2.23. The van der Waals surface area contributed by atoms with Crippen LogP contribution >= 0.6 is 15.9 Å². The minimum absolute atomic E-state index is 0.306. The Balaban J connectivity index is 2.19. The molecule has 0 saturated carbocycles. The Bertz CT molecular complexity index is 393. The lowest BCUT2D eigenvalue weighted by molar-refractivity contribution is -0.115. The third kappa shape index (κ3) is 1.95. The van der Waals surface area contributed by atoms with Gasteiger partial charge in [0.25, 0.3) is 0 Å². The third-order valence-electron chi connectivity index (χ3n) is 2.46. The first-order chi connectivity index (χ1) is 6.77. The lowest BCUT2D eigenvalue weighted by atomic mass is 10.0. The molecule has 1 aliphatic carbocycles. The molecular weight excluding hydrogens is 240 g/mol. The molecule has 0 amide bonds. The van der Waals surface area contributed by atoms with Crippen molar-refractivity contribution >= 4 is 21.7 Å². The Hall–Kier alpha value is -0.890. The van der Waals surface area contributed by atoms with Crippen LogP contribution in [-0.4, -0.2) is 5.78 Å². The number of carbonyl (C=O) groups is 1. The van der Waals surface area contributed by atoms with Crippen LogP contribution in [0.25, 0.3) is 0 Å². The number of hydrogen-bond donors (Lipinski definition) is 0. The predicted octanol–water partition coefficient (Wildman–Crippen LogP) is 3.28. The molecule has 0 bridgehead atoms. The first kappa shape index (κ1) is 9.66. The maximum atomic E-state index is 11.4. The fourth-order valence-corrected chi connectivity index (χ4v) is 2.09.